The highest BCUT2D eigenvalue weighted by Crippen LogP contribution is 2.07. The van der Waals surface area contributed by atoms with E-state index in [1.165, 1.54) is 0 Å². The average Bonchev–Trinajstić information content (AvgIpc) is 1.35. The molecule has 2 nitrogen and oxygen atoms in total. The Labute approximate surface area is 41.4 Å². The van der Waals surface area contributed by atoms with Crippen molar-refractivity contribution < 1.29 is 0 Å². The predicted molar refractivity (Wildman–Crippen MR) is 28.5 cm³/mol. The molecule has 0 saturated heterocycles. The largest absolute Gasteiger partial charge is 0.137 e. The summed E-state index contributed by atoms with van der Waals surface area (Å²) in [6, 6.07) is 0. The number of hydrogen-bond acceptors (Lipinski definition) is 3. The Bertz CT molecular complexity index is 46.1. The number of nitrogens with zero attached hydrogens (tertiary/aromatic N) is 1. The van der Waals surface area contributed by atoms with Crippen LogP contribution in [0.2, 0.25) is 0 Å². The van der Waals surface area contributed by atoms with Gasteiger partial charge in [-0.25, -0.2) is 0 Å². The molecule has 0 rings (SSSR count). The third-order valence-corrected chi connectivity index (χ3v) is 0.762. The molecule has 3 heteroatoms. The fourth-order valence-corrected chi connectivity index (χ4v) is 0.258. The fourth-order valence-electron chi connectivity index (χ4n) is 0.0861. The van der Waals surface area contributed by atoms with Crippen molar-refractivity contribution in [2.75, 3.05) is 0 Å². The maximum Gasteiger partial charge on any atom is 0.0244 e. The van der Waals surface area contributed by atoms with Gasteiger partial charge in [0.15, 0.2) is 0 Å². The van der Waals surface area contributed by atoms with E-state index in [9.17, 15) is 4.91 Å². The smallest absolute Gasteiger partial charge is 0.0244 e. The van der Waals surface area contributed by atoms with Gasteiger partial charge in [0, 0.05) is 21.8 Å². The molecule has 0 aromatic rings. The van der Waals surface area contributed by atoms with E-state index >= 15 is 0 Å². The zero-order chi connectivity index (χ0) is 4.99. The molecule has 0 unspecified atom stereocenters. The molecule has 0 aromatic carbocycles. The minimum Gasteiger partial charge on any atom is -0.137 e. The molecule has 6 heavy (non-hydrogen) atoms. The third-order valence-electron chi connectivity index (χ3n) is 0.254. The zero-order valence-corrected chi connectivity index (χ0v) is 4.66. The predicted octanol–water partition coefficient (Wildman–Crippen LogP) is 1.81. The summed E-state index contributed by atoms with van der Waals surface area (Å²) in [4.78, 5) is 9.33. The van der Waals surface area contributed by atoms with Gasteiger partial charge in [0.05, 0.1) is 0 Å². The van der Waals surface area contributed by atoms with E-state index in [1.54, 1.807) is 0 Å². The summed E-state index contributed by atoms with van der Waals surface area (Å²) in [6.45, 7) is 3.85. The van der Waals surface area contributed by atoms with Gasteiger partial charge in [0.1, 0.15) is 0 Å². The van der Waals surface area contributed by atoms with Crippen molar-refractivity contribution in [3.05, 3.63) is 4.91 Å². The second kappa shape index (κ2) is 3.15. The molecule has 0 aliphatic rings. The molecule has 0 atom stereocenters. The van der Waals surface area contributed by atoms with Crippen molar-refractivity contribution in [1.82, 2.24) is 0 Å². The second-order valence-corrected chi connectivity index (χ2v) is 2.53. The molecule has 0 spiro atoms. The van der Waals surface area contributed by atoms with Crippen molar-refractivity contribution in [1.29, 1.82) is 0 Å². The van der Waals surface area contributed by atoms with Crippen LogP contribution in [0, 0.1) is 4.91 Å². The molecule has 0 heterocycles. The lowest BCUT2D eigenvalue weighted by Gasteiger charge is -1.87. The summed E-state index contributed by atoms with van der Waals surface area (Å²) in [5.74, 6) is 0. The van der Waals surface area contributed by atoms with Crippen LogP contribution in [0.4, 0.5) is 0 Å². The highest BCUT2D eigenvalue weighted by molar-refractivity contribution is 7.98. The van der Waals surface area contributed by atoms with Crippen LogP contribution in [0.25, 0.3) is 0 Å². The Balaban J connectivity index is 2.81. The Kier molecular flexibility index (Phi) is 3.13. The van der Waals surface area contributed by atoms with Crippen LogP contribution in [0.15, 0.2) is 4.58 Å². The minimum atomic E-state index is 0.336. The molecule has 0 bridgehead atoms. The van der Waals surface area contributed by atoms with Crippen molar-refractivity contribution in [3.8, 4) is 0 Å². The van der Waals surface area contributed by atoms with Crippen molar-refractivity contribution in [2.24, 2.45) is 4.58 Å². The number of nitroso groups, excluding NO2 is 1. The van der Waals surface area contributed by atoms with Crippen LogP contribution in [-0.2, 0) is 0 Å². The lowest BCUT2D eigenvalue weighted by molar-refractivity contribution is 1.11. The first-order valence-corrected chi connectivity index (χ1v) is 2.59. The van der Waals surface area contributed by atoms with Gasteiger partial charge in [-0.15, -0.1) is 4.91 Å². The van der Waals surface area contributed by atoms with Crippen LogP contribution >= 0.6 is 11.9 Å². The monoisotopic (exact) mass is 105 g/mol. The first kappa shape index (κ1) is 5.95. The van der Waals surface area contributed by atoms with Gasteiger partial charge in [-0.3, -0.25) is 0 Å². The second-order valence-electron chi connectivity index (χ2n) is 1.23. The molecule has 36 valence electrons. The molecule has 0 saturated carbocycles. The topological polar surface area (TPSA) is 29.4 Å². The summed E-state index contributed by atoms with van der Waals surface area (Å²) in [6.07, 6.45) is 0. The van der Waals surface area contributed by atoms with Crippen LogP contribution in [0.3, 0.4) is 0 Å². The van der Waals surface area contributed by atoms with E-state index in [2.05, 4.69) is 4.58 Å². The molecule has 0 aliphatic carbocycles. The summed E-state index contributed by atoms with van der Waals surface area (Å²) in [7, 11) is 0. The van der Waals surface area contributed by atoms with Gasteiger partial charge in [-0.2, -0.15) is 0 Å². The lowest BCUT2D eigenvalue weighted by atomic mass is 10.6. The van der Waals surface area contributed by atoms with Gasteiger partial charge in [-0.1, -0.05) is 13.8 Å². The Morgan fingerprint density at radius 3 is 2.17 bits per heavy atom. The maximum absolute atomic E-state index is 9.33. The van der Waals surface area contributed by atoms with Crippen LogP contribution < -0.4 is 0 Å². The van der Waals surface area contributed by atoms with Crippen LogP contribution in [0.5, 0.6) is 0 Å². The normalized spacial score (nSPS) is 9.17. The Morgan fingerprint density at radius 1 is 1.67 bits per heavy atom. The molecule has 0 radical (unpaired) electrons. The van der Waals surface area contributed by atoms with Gasteiger partial charge in [0.2, 0.25) is 0 Å². The van der Waals surface area contributed by atoms with E-state index < -0.39 is 0 Å². The third kappa shape index (κ3) is 3.95. The van der Waals surface area contributed by atoms with E-state index in [0.29, 0.717) is 5.25 Å². The first-order chi connectivity index (χ1) is 2.77. The first-order valence-electron chi connectivity index (χ1n) is 1.76. The van der Waals surface area contributed by atoms with E-state index in [-0.39, 0.29) is 0 Å². The van der Waals surface area contributed by atoms with Gasteiger partial charge in [-0.05, 0) is 0 Å². The molecule has 0 N–H and O–H groups in total. The highest BCUT2D eigenvalue weighted by Gasteiger charge is 1.88. The molecule has 0 aromatic heterocycles. The van der Waals surface area contributed by atoms with Crippen LogP contribution in [0.1, 0.15) is 13.8 Å². The average molecular weight is 105 g/mol. The Morgan fingerprint density at radius 2 is 2.17 bits per heavy atom. The molecular formula is C3H7NOS. The van der Waals surface area contributed by atoms with Crippen molar-refractivity contribution in [2.45, 2.75) is 19.1 Å². The van der Waals surface area contributed by atoms with E-state index in [4.69, 9.17) is 0 Å². The molecule has 0 aliphatic heterocycles. The number of rotatable bonds is 2. The zero-order valence-electron chi connectivity index (χ0n) is 3.84. The quantitative estimate of drug-likeness (QED) is 0.396. The van der Waals surface area contributed by atoms with Crippen molar-refractivity contribution in [3.63, 3.8) is 0 Å². The standard InChI is InChI=1S/C3H7NOS/c1-3(2)6-4-5/h3H,1-2H3. The maximum atomic E-state index is 9.33. The van der Waals surface area contributed by atoms with Gasteiger partial charge >= 0.3 is 0 Å². The lowest BCUT2D eigenvalue weighted by Crippen LogP contribution is -1.78. The highest BCUT2D eigenvalue weighted by atomic mass is 32.2. The summed E-state index contributed by atoms with van der Waals surface area (Å²) < 4.78 is 2.60. The van der Waals surface area contributed by atoms with Gasteiger partial charge in [0.25, 0.3) is 0 Å². The summed E-state index contributed by atoms with van der Waals surface area (Å²) in [5, 5.41) is 0.336. The molecule has 0 amide bonds. The SMILES string of the molecule is CC(C)SN=O. The molecular weight excluding hydrogens is 98.1 g/mol. The summed E-state index contributed by atoms with van der Waals surface area (Å²) >= 11 is 1.06. The number of hydrogen-bond donors (Lipinski definition) is 0. The van der Waals surface area contributed by atoms with E-state index in [0.717, 1.165) is 11.9 Å². The van der Waals surface area contributed by atoms with E-state index in [1.807, 2.05) is 13.8 Å². The Hall–Kier alpha value is -0.0500. The van der Waals surface area contributed by atoms with Crippen LogP contribution in [-0.4, -0.2) is 5.25 Å². The summed E-state index contributed by atoms with van der Waals surface area (Å²) in [5.41, 5.74) is 0. The fraction of sp³-hybridized carbons (Fsp3) is 1.00. The van der Waals surface area contributed by atoms with Crippen molar-refractivity contribution >= 4 is 11.9 Å². The molecule has 0 fully saturated rings. The van der Waals surface area contributed by atoms with Gasteiger partial charge < -0.3 is 0 Å². The minimum absolute atomic E-state index is 0.336.